The van der Waals surface area contributed by atoms with Crippen LogP contribution in [0.4, 0.5) is 0 Å². The first kappa shape index (κ1) is 15.5. The molecule has 0 aliphatic heterocycles. The van der Waals surface area contributed by atoms with Crippen molar-refractivity contribution in [3.8, 4) is 11.8 Å². The van der Waals surface area contributed by atoms with Gasteiger partial charge >= 0.3 is 0 Å². The maximum Gasteiger partial charge on any atom is 0.259 e. The lowest BCUT2D eigenvalue weighted by atomic mass is 9.90. The van der Waals surface area contributed by atoms with Crippen molar-refractivity contribution in [2.45, 2.75) is 26.3 Å². The van der Waals surface area contributed by atoms with Gasteiger partial charge in [0.1, 0.15) is 11.3 Å². The van der Waals surface area contributed by atoms with Crippen LogP contribution in [-0.2, 0) is 4.79 Å². The van der Waals surface area contributed by atoms with Gasteiger partial charge in [-0.1, -0.05) is 26.0 Å². The lowest BCUT2D eigenvalue weighted by Crippen LogP contribution is -2.50. The number of hydrogen-bond acceptors (Lipinski definition) is 3. The number of hydrogen-bond donors (Lipinski definition) is 1. The van der Waals surface area contributed by atoms with E-state index in [0.717, 1.165) is 4.47 Å². The Kier molecular flexibility index (Phi) is 5.37. The van der Waals surface area contributed by atoms with E-state index in [1.54, 1.807) is 13.0 Å². The Morgan fingerprint density at radius 3 is 2.68 bits per heavy atom. The summed E-state index contributed by atoms with van der Waals surface area (Å²) in [6.45, 7) is 5.36. The number of rotatable bonds is 5. The number of halogens is 1. The predicted molar refractivity (Wildman–Crippen MR) is 76.6 cm³/mol. The molecule has 0 fully saturated rings. The zero-order chi connectivity index (χ0) is 14.5. The Balaban J connectivity index is 2.58. The Morgan fingerprint density at radius 2 is 2.16 bits per heavy atom. The molecule has 0 aromatic heterocycles. The Hall–Kier alpha value is -1.54. The van der Waals surface area contributed by atoms with Crippen molar-refractivity contribution in [3.05, 3.63) is 28.7 Å². The Bertz CT molecular complexity index is 496. The molecule has 0 heterocycles. The van der Waals surface area contributed by atoms with Crippen LogP contribution in [0.1, 0.15) is 20.8 Å². The van der Waals surface area contributed by atoms with Gasteiger partial charge < -0.3 is 10.1 Å². The number of para-hydroxylation sites is 1. The number of nitrogens with one attached hydrogen (secondary N) is 1. The maximum absolute atomic E-state index is 11.8. The monoisotopic (exact) mass is 324 g/mol. The highest BCUT2D eigenvalue weighted by Crippen LogP contribution is 2.23. The van der Waals surface area contributed by atoms with E-state index in [4.69, 9.17) is 10.00 Å². The molecule has 1 aromatic rings. The van der Waals surface area contributed by atoms with Crippen LogP contribution in [0.25, 0.3) is 0 Å². The molecule has 1 unspecified atom stereocenters. The number of carbonyl (C=O) groups is 1. The van der Waals surface area contributed by atoms with Gasteiger partial charge in [-0.25, -0.2) is 0 Å². The average molecular weight is 325 g/mol. The third kappa shape index (κ3) is 4.25. The van der Waals surface area contributed by atoms with Crippen LogP contribution < -0.4 is 10.1 Å². The van der Waals surface area contributed by atoms with Crippen molar-refractivity contribution in [3.63, 3.8) is 0 Å². The fourth-order valence-corrected chi connectivity index (χ4v) is 1.73. The van der Waals surface area contributed by atoms with Crippen molar-refractivity contribution in [1.29, 1.82) is 5.26 Å². The molecule has 102 valence electrons. The van der Waals surface area contributed by atoms with E-state index in [-0.39, 0.29) is 18.4 Å². The molecule has 4 nitrogen and oxygen atoms in total. The van der Waals surface area contributed by atoms with Crippen LogP contribution in [0.3, 0.4) is 0 Å². The standard InChI is InChI=1S/C14H17BrN2O2/c1-10(2)14(3,9-16)17-13(18)8-19-12-7-5-4-6-11(12)15/h4-7,10H,8H2,1-3H3,(H,17,18). The fourth-order valence-electron chi connectivity index (χ4n) is 1.33. The van der Waals surface area contributed by atoms with E-state index in [9.17, 15) is 4.79 Å². The molecule has 1 rings (SSSR count). The molecule has 1 aromatic carbocycles. The summed E-state index contributed by atoms with van der Waals surface area (Å²) in [5.74, 6) is 0.305. The molecule has 1 N–H and O–H groups in total. The van der Waals surface area contributed by atoms with Gasteiger partial charge in [-0.2, -0.15) is 5.26 Å². The van der Waals surface area contributed by atoms with Gasteiger partial charge in [-0.05, 0) is 40.9 Å². The van der Waals surface area contributed by atoms with Crippen LogP contribution >= 0.6 is 15.9 Å². The Morgan fingerprint density at radius 1 is 1.53 bits per heavy atom. The van der Waals surface area contributed by atoms with Crippen LogP contribution in [0.2, 0.25) is 0 Å². The van der Waals surface area contributed by atoms with E-state index in [2.05, 4.69) is 27.3 Å². The first-order valence-electron chi connectivity index (χ1n) is 5.98. The lowest BCUT2D eigenvalue weighted by Gasteiger charge is -2.27. The molecule has 0 saturated carbocycles. The summed E-state index contributed by atoms with van der Waals surface area (Å²) in [6, 6.07) is 9.41. The molecule has 1 amide bonds. The number of nitriles is 1. The van der Waals surface area contributed by atoms with Crippen LogP contribution in [-0.4, -0.2) is 18.1 Å². The number of nitrogens with zero attached hydrogens (tertiary/aromatic N) is 1. The van der Waals surface area contributed by atoms with E-state index in [1.165, 1.54) is 0 Å². The van der Waals surface area contributed by atoms with Crippen LogP contribution in [0.5, 0.6) is 5.75 Å². The highest BCUT2D eigenvalue weighted by Gasteiger charge is 2.30. The topological polar surface area (TPSA) is 62.1 Å². The molecule has 0 aliphatic carbocycles. The highest BCUT2D eigenvalue weighted by atomic mass is 79.9. The fraction of sp³-hybridized carbons (Fsp3) is 0.429. The molecule has 5 heteroatoms. The predicted octanol–water partition coefficient (Wildman–Crippen LogP) is 2.88. The lowest BCUT2D eigenvalue weighted by molar-refractivity contribution is -0.124. The van der Waals surface area contributed by atoms with Gasteiger partial charge in [0.2, 0.25) is 0 Å². The minimum Gasteiger partial charge on any atom is -0.483 e. The molecule has 0 saturated heterocycles. The van der Waals surface area contributed by atoms with Gasteiger partial charge in [0.05, 0.1) is 10.5 Å². The second-order valence-corrected chi connectivity index (χ2v) is 5.59. The van der Waals surface area contributed by atoms with Gasteiger partial charge in [0.25, 0.3) is 5.91 Å². The average Bonchev–Trinajstić information content (AvgIpc) is 2.37. The molecule has 1 atom stereocenters. The molecule has 0 radical (unpaired) electrons. The zero-order valence-electron chi connectivity index (χ0n) is 11.2. The number of carbonyl (C=O) groups excluding carboxylic acids is 1. The van der Waals surface area contributed by atoms with Crippen molar-refractivity contribution >= 4 is 21.8 Å². The first-order chi connectivity index (χ1) is 8.89. The third-order valence-electron chi connectivity index (χ3n) is 2.98. The largest absolute Gasteiger partial charge is 0.483 e. The SMILES string of the molecule is CC(C)C(C)(C#N)NC(=O)COc1ccccc1Br. The number of benzene rings is 1. The smallest absolute Gasteiger partial charge is 0.259 e. The van der Waals surface area contributed by atoms with Gasteiger partial charge in [-0.3, -0.25) is 4.79 Å². The molecule has 0 spiro atoms. The van der Waals surface area contributed by atoms with E-state index in [1.807, 2.05) is 32.0 Å². The van der Waals surface area contributed by atoms with E-state index < -0.39 is 5.54 Å². The summed E-state index contributed by atoms with van der Waals surface area (Å²) in [6.07, 6.45) is 0. The van der Waals surface area contributed by atoms with Crippen molar-refractivity contribution < 1.29 is 9.53 Å². The number of amides is 1. The summed E-state index contributed by atoms with van der Waals surface area (Å²) in [5.41, 5.74) is -0.881. The maximum atomic E-state index is 11.8. The quantitative estimate of drug-likeness (QED) is 0.905. The second kappa shape index (κ2) is 6.58. The second-order valence-electron chi connectivity index (χ2n) is 4.74. The first-order valence-corrected chi connectivity index (χ1v) is 6.78. The normalized spacial score (nSPS) is 13.5. The molecular formula is C14H17BrN2O2. The number of ether oxygens (including phenoxy) is 1. The summed E-state index contributed by atoms with van der Waals surface area (Å²) in [5, 5.41) is 11.8. The summed E-state index contributed by atoms with van der Waals surface area (Å²) < 4.78 is 6.19. The highest BCUT2D eigenvalue weighted by molar-refractivity contribution is 9.10. The summed E-state index contributed by atoms with van der Waals surface area (Å²) in [7, 11) is 0. The van der Waals surface area contributed by atoms with Crippen molar-refractivity contribution in [2.75, 3.05) is 6.61 Å². The summed E-state index contributed by atoms with van der Waals surface area (Å²) >= 11 is 3.34. The minimum atomic E-state index is -0.881. The third-order valence-corrected chi connectivity index (χ3v) is 3.64. The van der Waals surface area contributed by atoms with E-state index in [0.29, 0.717) is 5.75 Å². The van der Waals surface area contributed by atoms with Gasteiger partial charge in [0.15, 0.2) is 6.61 Å². The van der Waals surface area contributed by atoms with Crippen molar-refractivity contribution in [1.82, 2.24) is 5.32 Å². The van der Waals surface area contributed by atoms with Crippen LogP contribution in [0, 0.1) is 17.2 Å². The zero-order valence-corrected chi connectivity index (χ0v) is 12.8. The molecule has 0 bridgehead atoms. The minimum absolute atomic E-state index is 0.0184. The molecular weight excluding hydrogens is 308 g/mol. The van der Waals surface area contributed by atoms with Gasteiger partial charge in [0, 0.05) is 0 Å². The molecule has 19 heavy (non-hydrogen) atoms. The van der Waals surface area contributed by atoms with Crippen LogP contribution in [0.15, 0.2) is 28.7 Å². The Labute approximate surface area is 121 Å². The summed E-state index contributed by atoms with van der Waals surface area (Å²) in [4.78, 5) is 11.8. The van der Waals surface area contributed by atoms with Crippen molar-refractivity contribution in [2.24, 2.45) is 5.92 Å². The molecule has 0 aliphatic rings. The van der Waals surface area contributed by atoms with E-state index >= 15 is 0 Å². The van der Waals surface area contributed by atoms with Gasteiger partial charge in [-0.15, -0.1) is 0 Å².